The maximum Gasteiger partial charge on any atom is 0.311 e. The molecule has 1 saturated heterocycles. The lowest BCUT2D eigenvalue weighted by Gasteiger charge is -2.29. The summed E-state index contributed by atoms with van der Waals surface area (Å²) >= 11 is 0. The Hall–Kier alpha value is -3.86. The Balaban J connectivity index is 1.78. The highest BCUT2D eigenvalue weighted by molar-refractivity contribution is 5.94. The molecule has 2 N–H and O–H groups in total. The molecule has 1 aliphatic rings. The largest absolute Gasteiger partial charge is 0.363 e. The van der Waals surface area contributed by atoms with Crippen molar-refractivity contribution in [2.45, 2.75) is 6.17 Å². The van der Waals surface area contributed by atoms with E-state index in [1.54, 1.807) is 36.4 Å². The molecule has 0 radical (unpaired) electrons. The first-order chi connectivity index (χ1) is 14.5. The topological polar surface area (TPSA) is 139 Å². The average Bonchev–Trinajstić information content (AvgIpc) is 2.77. The Bertz CT molecular complexity index is 1090. The van der Waals surface area contributed by atoms with Gasteiger partial charge in [-0.2, -0.15) is 0 Å². The van der Waals surface area contributed by atoms with Gasteiger partial charge in [0.15, 0.2) is 0 Å². The summed E-state index contributed by atoms with van der Waals surface area (Å²) in [5.74, 6) is 0.167. The zero-order chi connectivity index (χ0) is 21.1. The number of piperazine rings is 1. The molecule has 11 heteroatoms. The molecule has 1 aliphatic heterocycles. The van der Waals surface area contributed by atoms with Crippen molar-refractivity contribution in [3.63, 3.8) is 0 Å². The number of hydrogen-bond donors (Lipinski definition) is 2. The smallest absolute Gasteiger partial charge is 0.311 e. The predicted octanol–water partition coefficient (Wildman–Crippen LogP) is 2.33. The molecule has 2 heterocycles. The van der Waals surface area contributed by atoms with E-state index in [2.05, 4.69) is 20.6 Å². The second-order valence-electron chi connectivity index (χ2n) is 6.82. The SMILES string of the molecule is O=[N+]([O-])c1cc2c(NC(c3ccccc3)[N+](=O)[O-])ncnc2cc1N1CCNCC1. The number of nitro benzene ring substituents is 1. The normalized spacial score (nSPS) is 15.0. The van der Waals surface area contributed by atoms with Gasteiger partial charge in [-0.3, -0.25) is 20.2 Å². The van der Waals surface area contributed by atoms with Crippen molar-refractivity contribution in [1.29, 1.82) is 0 Å². The molecule has 0 spiro atoms. The Morgan fingerprint density at radius 1 is 1.07 bits per heavy atom. The van der Waals surface area contributed by atoms with Crippen LogP contribution in [-0.4, -0.2) is 46.0 Å². The number of anilines is 2. The Morgan fingerprint density at radius 3 is 2.47 bits per heavy atom. The number of nitro groups is 2. The Labute approximate surface area is 171 Å². The summed E-state index contributed by atoms with van der Waals surface area (Å²) in [4.78, 5) is 32.8. The van der Waals surface area contributed by atoms with Crippen molar-refractivity contribution in [3.8, 4) is 0 Å². The highest BCUT2D eigenvalue weighted by Crippen LogP contribution is 2.35. The van der Waals surface area contributed by atoms with E-state index in [9.17, 15) is 20.2 Å². The summed E-state index contributed by atoms with van der Waals surface area (Å²) < 4.78 is 0. The molecule has 0 amide bonds. The van der Waals surface area contributed by atoms with E-state index in [0.29, 0.717) is 35.2 Å². The maximum absolute atomic E-state index is 11.8. The van der Waals surface area contributed by atoms with Gasteiger partial charge in [-0.1, -0.05) is 30.3 Å². The van der Waals surface area contributed by atoms with Gasteiger partial charge in [-0.25, -0.2) is 9.97 Å². The van der Waals surface area contributed by atoms with Gasteiger partial charge < -0.3 is 15.5 Å². The first kappa shape index (κ1) is 19.5. The fourth-order valence-corrected chi connectivity index (χ4v) is 3.52. The monoisotopic (exact) mass is 409 g/mol. The van der Waals surface area contributed by atoms with E-state index in [4.69, 9.17) is 0 Å². The van der Waals surface area contributed by atoms with Crippen LogP contribution in [0.4, 0.5) is 17.2 Å². The molecular weight excluding hydrogens is 390 g/mol. The predicted molar refractivity (Wildman–Crippen MR) is 111 cm³/mol. The van der Waals surface area contributed by atoms with Crippen LogP contribution in [0.2, 0.25) is 0 Å². The van der Waals surface area contributed by atoms with E-state index < -0.39 is 16.0 Å². The third kappa shape index (κ3) is 3.82. The van der Waals surface area contributed by atoms with Crippen LogP contribution >= 0.6 is 0 Å². The first-order valence-corrected chi connectivity index (χ1v) is 9.38. The molecule has 30 heavy (non-hydrogen) atoms. The fourth-order valence-electron chi connectivity index (χ4n) is 3.52. The molecular formula is C19H19N7O4. The lowest BCUT2D eigenvalue weighted by atomic mass is 10.1. The number of rotatable bonds is 6. The molecule has 0 bridgehead atoms. The van der Waals surface area contributed by atoms with Crippen LogP contribution in [-0.2, 0) is 0 Å². The van der Waals surface area contributed by atoms with E-state index in [1.807, 2.05) is 4.90 Å². The van der Waals surface area contributed by atoms with Crippen LogP contribution in [0.3, 0.4) is 0 Å². The number of fused-ring (bicyclic) bond motifs is 1. The van der Waals surface area contributed by atoms with E-state index in [-0.39, 0.29) is 11.5 Å². The van der Waals surface area contributed by atoms with Crippen molar-refractivity contribution in [3.05, 3.63) is 74.6 Å². The fraction of sp³-hybridized carbons (Fsp3) is 0.263. The highest BCUT2D eigenvalue weighted by atomic mass is 16.6. The minimum Gasteiger partial charge on any atom is -0.363 e. The molecule has 154 valence electrons. The molecule has 1 atom stereocenters. The molecule has 0 saturated carbocycles. The maximum atomic E-state index is 11.8. The number of nitrogens with zero attached hydrogens (tertiary/aromatic N) is 5. The highest BCUT2D eigenvalue weighted by Gasteiger charge is 2.27. The molecule has 3 aromatic rings. The third-order valence-corrected chi connectivity index (χ3v) is 4.99. The van der Waals surface area contributed by atoms with Crippen molar-refractivity contribution in [2.24, 2.45) is 0 Å². The van der Waals surface area contributed by atoms with Crippen LogP contribution in [0.5, 0.6) is 0 Å². The summed E-state index contributed by atoms with van der Waals surface area (Å²) in [6.07, 6.45) is 0.0382. The van der Waals surface area contributed by atoms with Crippen LogP contribution in [0.1, 0.15) is 11.7 Å². The van der Waals surface area contributed by atoms with Gasteiger partial charge in [-0.15, -0.1) is 0 Å². The summed E-state index contributed by atoms with van der Waals surface area (Å²) in [7, 11) is 0. The van der Waals surface area contributed by atoms with Gasteiger partial charge in [0.25, 0.3) is 5.69 Å². The molecule has 0 aliphatic carbocycles. The van der Waals surface area contributed by atoms with Gasteiger partial charge >= 0.3 is 6.17 Å². The van der Waals surface area contributed by atoms with Gasteiger partial charge in [0.2, 0.25) is 0 Å². The Kier molecular flexibility index (Phi) is 5.35. The number of aromatic nitrogens is 2. The van der Waals surface area contributed by atoms with Crippen LogP contribution < -0.4 is 15.5 Å². The molecule has 4 rings (SSSR count). The summed E-state index contributed by atoms with van der Waals surface area (Å²) in [5.41, 5.74) is 1.31. The van der Waals surface area contributed by atoms with Gasteiger partial charge in [0, 0.05) is 43.2 Å². The summed E-state index contributed by atoms with van der Waals surface area (Å²) in [6, 6.07) is 11.5. The van der Waals surface area contributed by atoms with Crippen molar-refractivity contribution in [1.82, 2.24) is 15.3 Å². The zero-order valence-electron chi connectivity index (χ0n) is 15.9. The molecule has 2 aromatic carbocycles. The lowest BCUT2D eigenvalue weighted by molar-refractivity contribution is -0.521. The van der Waals surface area contributed by atoms with Crippen molar-refractivity contribution in [2.75, 3.05) is 36.4 Å². The lowest BCUT2D eigenvalue weighted by Crippen LogP contribution is -2.43. The van der Waals surface area contributed by atoms with E-state index in [0.717, 1.165) is 13.1 Å². The molecule has 1 aromatic heterocycles. The van der Waals surface area contributed by atoms with E-state index >= 15 is 0 Å². The minimum atomic E-state index is -1.25. The molecule has 1 unspecified atom stereocenters. The number of hydrogen-bond acceptors (Lipinski definition) is 9. The molecule has 11 nitrogen and oxygen atoms in total. The average molecular weight is 409 g/mol. The summed E-state index contributed by atoms with van der Waals surface area (Å²) in [6.45, 7) is 2.74. The van der Waals surface area contributed by atoms with Crippen molar-refractivity contribution < 1.29 is 9.85 Å². The summed E-state index contributed by atoms with van der Waals surface area (Å²) in [5, 5.41) is 29.8. The van der Waals surface area contributed by atoms with Gasteiger partial charge in [0.1, 0.15) is 17.8 Å². The number of benzene rings is 2. The quantitative estimate of drug-likeness (QED) is 0.356. The van der Waals surface area contributed by atoms with E-state index in [1.165, 1.54) is 12.4 Å². The van der Waals surface area contributed by atoms with Crippen molar-refractivity contribution >= 4 is 28.1 Å². The van der Waals surface area contributed by atoms with Crippen LogP contribution in [0, 0.1) is 20.2 Å². The minimum absolute atomic E-state index is 0.0837. The second-order valence-corrected chi connectivity index (χ2v) is 6.82. The standard InChI is InChI=1S/C19H19N7O4/c27-25(28)17-10-14-15(11-16(17)24-8-6-20-7-9-24)21-12-22-18(14)23-19(26(29)30)13-4-2-1-3-5-13/h1-5,10-12,19-20H,6-9H2,(H,21,22,23). The van der Waals surface area contributed by atoms with Gasteiger partial charge in [-0.05, 0) is 6.07 Å². The van der Waals surface area contributed by atoms with Crippen LogP contribution in [0.15, 0.2) is 48.8 Å². The van der Waals surface area contributed by atoms with Crippen LogP contribution in [0.25, 0.3) is 10.9 Å². The first-order valence-electron chi connectivity index (χ1n) is 9.38. The third-order valence-electron chi connectivity index (χ3n) is 4.99. The zero-order valence-corrected chi connectivity index (χ0v) is 15.9. The second kappa shape index (κ2) is 8.25. The Morgan fingerprint density at radius 2 is 1.80 bits per heavy atom. The molecule has 1 fully saturated rings. The number of nitrogens with one attached hydrogen (secondary N) is 2. The van der Waals surface area contributed by atoms with Gasteiger partial charge in [0.05, 0.1) is 15.4 Å².